The van der Waals surface area contributed by atoms with Crippen molar-refractivity contribution in [2.45, 2.75) is 57.3 Å². The van der Waals surface area contributed by atoms with E-state index in [1.54, 1.807) is 24.5 Å². The summed E-state index contributed by atoms with van der Waals surface area (Å²) in [5.74, 6) is -0.134. The first-order valence-corrected chi connectivity index (χ1v) is 11.7. The molecule has 0 unspecified atom stereocenters. The van der Waals surface area contributed by atoms with Crippen LogP contribution >= 0.6 is 0 Å². The van der Waals surface area contributed by atoms with E-state index < -0.39 is 11.3 Å². The molecular weight excluding hydrogens is 497 g/mol. The number of anilines is 2. The summed E-state index contributed by atoms with van der Waals surface area (Å²) in [7, 11) is 0. The highest BCUT2D eigenvalue weighted by Crippen LogP contribution is 2.34. The number of benzene rings is 1. The molecule has 37 heavy (non-hydrogen) atoms. The van der Waals surface area contributed by atoms with Crippen molar-refractivity contribution in [1.29, 1.82) is 0 Å². The van der Waals surface area contributed by atoms with Crippen LogP contribution in [0.15, 0.2) is 42.9 Å². The first-order valence-electron chi connectivity index (χ1n) is 11.7. The number of nitrogens with zero attached hydrogens (tertiary/aromatic N) is 6. The maximum absolute atomic E-state index is 12.5. The third-order valence-corrected chi connectivity index (χ3v) is 6.14. The smallest absolute Gasteiger partial charge is 0.443 e. The zero-order valence-electron chi connectivity index (χ0n) is 19.5. The summed E-state index contributed by atoms with van der Waals surface area (Å²) >= 11 is 0. The second kappa shape index (κ2) is 10.2. The summed E-state index contributed by atoms with van der Waals surface area (Å²) < 4.78 is 54.5. The van der Waals surface area contributed by atoms with Crippen molar-refractivity contribution in [3.05, 3.63) is 58.5 Å². The van der Waals surface area contributed by atoms with Crippen molar-refractivity contribution >= 4 is 17.5 Å². The molecule has 196 valence electrons. The van der Waals surface area contributed by atoms with Crippen LogP contribution in [0.2, 0.25) is 0 Å². The number of nitro groups is 1. The van der Waals surface area contributed by atoms with E-state index >= 15 is 0 Å². The largest absolute Gasteiger partial charge is 0.573 e. The summed E-state index contributed by atoms with van der Waals surface area (Å²) in [6.45, 7) is 0.766. The van der Waals surface area contributed by atoms with E-state index in [1.807, 2.05) is 4.90 Å². The van der Waals surface area contributed by atoms with Crippen LogP contribution < -0.4 is 14.4 Å². The molecule has 1 aromatic carbocycles. The van der Waals surface area contributed by atoms with Crippen LogP contribution in [0.25, 0.3) is 0 Å². The van der Waals surface area contributed by atoms with Crippen LogP contribution in [0.4, 0.5) is 30.6 Å². The first kappa shape index (κ1) is 24.7. The lowest BCUT2D eigenvalue weighted by atomic mass is 10.2. The number of ether oxygens (including phenoxy) is 3. The minimum Gasteiger partial charge on any atom is -0.443 e. The normalized spacial score (nSPS) is 17.8. The molecule has 1 saturated carbocycles. The summed E-state index contributed by atoms with van der Waals surface area (Å²) in [5, 5.41) is 10.9. The van der Waals surface area contributed by atoms with Gasteiger partial charge in [0.15, 0.2) is 0 Å². The van der Waals surface area contributed by atoms with Crippen LogP contribution in [-0.2, 0) is 17.9 Å². The molecule has 1 aliphatic heterocycles. The predicted molar refractivity (Wildman–Crippen MR) is 123 cm³/mol. The van der Waals surface area contributed by atoms with Crippen molar-refractivity contribution < 1.29 is 32.3 Å². The lowest BCUT2D eigenvalue weighted by molar-refractivity contribution is -0.389. The molecule has 11 nitrogen and oxygen atoms in total. The van der Waals surface area contributed by atoms with Crippen molar-refractivity contribution in [3.8, 4) is 11.8 Å². The molecule has 3 aromatic rings. The fraction of sp³-hybridized carbons (Fsp3) is 0.435. The van der Waals surface area contributed by atoms with Gasteiger partial charge in [-0.3, -0.25) is 4.57 Å². The van der Waals surface area contributed by atoms with Gasteiger partial charge in [0.1, 0.15) is 24.7 Å². The van der Waals surface area contributed by atoms with Crippen LogP contribution in [0.1, 0.15) is 31.2 Å². The fourth-order valence-corrected chi connectivity index (χ4v) is 4.48. The summed E-state index contributed by atoms with van der Waals surface area (Å²) in [4.78, 5) is 25.1. The third kappa shape index (κ3) is 5.90. The molecule has 14 heteroatoms. The van der Waals surface area contributed by atoms with Gasteiger partial charge in [-0.1, -0.05) is 12.8 Å². The maximum Gasteiger partial charge on any atom is 0.573 e. The van der Waals surface area contributed by atoms with Gasteiger partial charge in [-0.25, -0.2) is 9.97 Å². The van der Waals surface area contributed by atoms with Gasteiger partial charge >= 0.3 is 18.2 Å². The summed E-state index contributed by atoms with van der Waals surface area (Å²) in [5.41, 5.74) is 1.39. The lowest BCUT2D eigenvalue weighted by Gasteiger charge is -2.29. The molecular formula is C23H23F3N6O5. The molecule has 1 aliphatic carbocycles. The van der Waals surface area contributed by atoms with Crippen molar-refractivity contribution in [2.75, 3.05) is 11.5 Å². The second-order valence-corrected chi connectivity index (χ2v) is 8.78. The average Bonchev–Trinajstić information content (AvgIpc) is 3.54. The van der Waals surface area contributed by atoms with E-state index in [2.05, 4.69) is 19.7 Å². The van der Waals surface area contributed by atoms with Crippen LogP contribution in [-0.4, -0.2) is 49.6 Å². The maximum atomic E-state index is 12.5. The SMILES string of the molecule is O=[N+]([O-])c1cn2c(n1)OC[C@@H](OCc1cnc(N(c3ccc(OC(F)(F)F)cc3)C3CCCC3)nc1)C2. The van der Waals surface area contributed by atoms with E-state index in [1.165, 1.54) is 22.9 Å². The highest BCUT2D eigenvalue weighted by Gasteiger charge is 2.32. The molecule has 0 bridgehead atoms. The summed E-state index contributed by atoms with van der Waals surface area (Å²) in [6.07, 6.45) is 3.44. The Hall–Kier alpha value is -3.94. The van der Waals surface area contributed by atoms with Gasteiger partial charge in [-0.15, -0.1) is 13.2 Å². The van der Waals surface area contributed by atoms with E-state index in [-0.39, 0.29) is 42.9 Å². The Kier molecular flexibility index (Phi) is 6.82. The Morgan fingerprint density at radius 2 is 1.86 bits per heavy atom. The van der Waals surface area contributed by atoms with Gasteiger partial charge in [-0.05, 0) is 42.0 Å². The Morgan fingerprint density at radius 3 is 2.51 bits per heavy atom. The molecule has 2 aliphatic rings. The Bertz CT molecular complexity index is 1230. The Morgan fingerprint density at radius 1 is 1.16 bits per heavy atom. The molecule has 0 amide bonds. The zero-order chi connectivity index (χ0) is 26.0. The summed E-state index contributed by atoms with van der Waals surface area (Å²) in [6, 6.07) is 6.00. The molecule has 0 saturated heterocycles. The van der Waals surface area contributed by atoms with E-state index in [4.69, 9.17) is 9.47 Å². The highest BCUT2D eigenvalue weighted by atomic mass is 19.4. The number of rotatable bonds is 8. The first-order chi connectivity index (χ1) is 17.7. The van der Waals surface area contributed by atoms with E-state index in [0.717, 1.165) is 25.7 Å². The van der Waals surface area contributed by atoms with Gasteiger partial charge < -0.3 is 29.2 Å². The molecule has 1 atom stereocenters. The van der Waals surface area contributed by atoms with Gasteiger partial charge in [0, 0.05) is 34.7 Å². The molecule has 0 radical (unpaired) electrons. The number of aromatic nitrogens is 4. The Labute approximate surface area is 209 Å². The van der Waals surface area contributed by atoms with Crippen molar-refractivity contribution in [1.82, 2.24) is 19.5 Å². The van der Waals surface area contributed by atoms with Gasteiger partial charge in [0.05, 0.1) is 13.2 Å². The number of hydrogen-bond donors (Lipinski definition) is 0. The second-order valence-electron chi connectivity index (χ2n) is 8.78. The fourth-order valence-electron chi connectivity index (χ4n) is 4.48. The third-order valence-electron chi connectivity index (χ3n) is 6.14. The van der Waals surface area contributed by atoms with E-state index in [0.29, 0.717) is 23.7 Å². The van der Waals surface area contributed by atoms with Crippen LogP contribution in [0.5, 0.6) is 11.8 Å². The minimum atomic E-state index is -4.75. The quantitative estimate of drug-likeness (QED) is 0.312. The monoisotopic (exact) mass is 520 g/mol. The molecule has 5 rings (SSSR count). The number of alkyl halides is 3. The van der Waals surface area contributed by atoms with E-state index in [9.17, 15) is 23.3 Å². The lowest BCUT2D eigenvalue weighted by Crippen LogP contribution is -2.32. The minimum absolute atomic E-state index is 0.129. The van der Waals surface area contributed by atoms with Gasteiger partial charge in [0.25, 0.3) is 0 Å². The standard InChI is InChI=1S/C23H23F3N6O5/c24-23(25,26)37-18-7-5-17(6-8-18)31(16-3-1-2-4-16)21-27-9-15(10-28-21)13-35-19-11-30-12-20(32(33)34)29-22(30)36-14-19/h5-10,12,16,19H,1-4,11,13-14H2/t19-/m0/s1. The number of imidazole rings is 1. The van der Waals surface area contributed by atoms with Crippen molar-refractivity contribution in [2.24, 2.45) is 0 Å². The van der Waals surface area contributed by atoms with Crippen LogP contribution in [0.3, 0.4) is 0 Å². The van der Waals surface area contributed by atoms with Crippen LogP contribution in [0, 0.1) is 10.1 Å². The number of hydrogen-bond acceptors (Lipinski definition) is 9. The molecule has 0 spiro atoms. The molecule has 0 N–H and O–H groups in total. The average molecular weight is 520 g/mol. The van der Waals surface area contributed by atoms with Gasteiger partial charge in [-0.2, -0.15) is 0 Å². The molecule has 3 heterocycles. The Balaban J connectivity index is 1.25. The molecule has 2 aromatic heterocycles. The number of fused-ring (bicyclic) bond motifs is 1. The zero-order valence-corrected chi connectivity index (χ0v) is 19.5. The topological polar surface area (TPSA) is 118 Å². The number of halogens is 3. The predicted octanol–water partition coefficient (Wildman–Crippen LogP) is 4.54. The highest BCUT2D eigenvalue weighted by molar-refractivity contribution is 5.59. The molecule has 1 fully saturated rings. The van der Waals surface area contributed by atoms with Gasteiger partial charge in [0.2, 0.25) is 5.95 Å². The van der Waals surface area contributed by atoms with Crippen molar-refractivity contribution in [3.63, 3.8) is 0 Å².